The highest BCUT2D eigenvalue weighted by atomic mass is 32.1. The molecule has 0 radical (unpaired) electrons. The number of nitrogens with zero attached hydrogens (tertiary/aromatic N) is 1. The van der Waals surface area contributed by atoms with Crippen LogP contribution in [0, 0.1) is 17.2 Å². The third-order valence-electron chi connectivity index (χ3n) is 2.99. The Balaban J connectivity index is 1.84. The van der Waals surface area contributed by atoms with Crippen molar-refractivity contribution in [2.75, 3.05) is 0 Å². The second-order valence-corrected chi connectivity index (χ2v) is 5.08. The topological polar surface area (TPSA) is 52.9 Å². The molecule has 1 saturated carbocycles. The number of carbonyl (C=O) groups excluding carboxylic acids is 1. The van der Waals surface area contributed by atoms with Gasteiger partial charge in [-0.15, -0.1) is 11.3 Å². The number of rotatable bonds is 2. The molecule has 0 saturated heterocycles. The van der Waals surface area contributed by atoms with Crippen molar-refractivity contribution in [3.05, 3.63) is 22.4 Å². The van der Waals surface area contributed by atoms with Crippen molar-refractivity contribution in [3.63, 3.8) is 0 Å². The summed E-state index contributed by atoms with van der Waals surface area (Å²) in [6.07, 6.45) is 3.67. The SMILES string of the molecule is N#CC1CCC(NC(=O)c2cccs2)CC1. The first kappa shape index (κ1) is 11.2. The van der Waals surface area contributed by atoms with Gasteiger partial charge in [0.2, 0.25) is 0 Å². The van der Waals surface area contributed by atoms with Crippen LogP contribution in [0.4, 0.5) is 0 Å². The average molecular weight is 234 g/mol. The zero-order valence-corrected chi connectivity index (χ0v) is 9.80. The molecule has 84 valence electrons. The van der Waals surface area contributed by atoms with E-state index in [0.717, 1.165) is 30.6 Å². The van der Waals surface area contributed by atoms with E-state index in [1.165, 1.54) is 11.3 Å². The Kier molecular flexibility index (Phi) is 3.58. The molecule has 1 heterocycles. The lowest BCUT2D eigenvalue weighted by molar-refractivity contribution is 0.0929. The molecule has 0 bridgehead atoms. The van der Waals surface area contributed by atoms with Crippen molar-refractivity contribution in [2.24, 2.45) is 5.92 Å². The van der Waals surface area contributed by atoms with Gasteiger partial charge in [0.25, 0.3) is 5.91 Å². The highest BCUT2D eigenvalue weighted by molar-refractivity contribution is 7.12. The number of carbonyl (C=O) groups is 1. The zero-order chi connectivity index (χ0) is 11.4. The molecule has 4 heteroatoms. The van der Waals surface area contributed by atoms with Gasteiger partial charge in [-0.25, -0.2) is 0 Å². The van der Waals surface area contributed by atoms with E-state index in [1.54, 1.807) is 0 Å². The highest BCUT2D eigenvalue weighted by Crippen LogP contribution is 2.23. The van der Waals surface area contributed by atoms with Crippen LogP contribution in [0.3, 0.4) is 0 Å². The molecular formula is C12H14N2OS. The largest absolute Gasteiger partial charge is 0.349 e. The fourth-order valence-electron chi connectivity index (χ4n) is 2.03. The molecule has 1 N–H and O–H groups in total. The molecule has 0 spiro atoms. The molecule has 1 aliphatic rings. The first-order valence-electron chi connectivity index (χ1n) is 5.53. The number of nitriles is 1. The average Bonchev–Trinajstić information content (AvgIpc) is 2.83. The van der Waals surface area contributed by atoms with E-state index >= 15 is 0 Å². The van der Waals surface area contributed by atoms with E-state index in [0.29, 0.717) is 0 Å². The van der Waals surface area contributed by atoms with Gasteiger partial charge in [-0.3, -0.25) is 4.79 Å². The number of hydrogen-bond donors (Lipinski definition) is 1. The van der Waals surface area contributed by atoms with Gasteiger partial charge in [0.05, 0.1) is 10.9 Å². The van der Waals surface area contributed by atoms with Gasteiger partial charge in [-0.05, 0) is 37.1 Å². The van der Waals surface area contributed by atoms with Gasteiger partial charge in [0.1, 0.15) is 0 Å². The van der Waals surface area contributed by atoms with Crippen molar-refractivity contribution < 1.29 is 4.79 Å². The van der Waals surface area contributed by atoms with Gasteiger partial charge in [-0.2, -0.15) is 5.26 Å². The highest BCUT2D eigenvalue weighted by Gasteiger charge is 2.22. The van der Waals surface area contributed by atoms with Crippen molar-refractivity contribution in [1.29, 1.82) is 5.26 Å². The zero-order valence-electron chi connectivity index (χ0n) is 8.98. The van der Waals surface area contributed by atoms with Crippen LogP contribution in [0.1, 0.15) is 35.4 Å². The fraction of sp³-hybridized carbons (Fsp3) is 0.500. The Hall–Kier alpha value is -1.34. The summed E-state index contributed by atoms with van der Waals surface area (Å²) in [4.78, 5) is 12.5. The van der Waals surface area contributed by atoms with Crippen LogP contribution in [0.25, 0.3) is 0 Å². The standard InChI is InChI=1S/C12H14N2OS/c13-8-9-3-5-10(6-4-9)14-12(15)11-2-1-7-16-11/h1-2,7,9-10H,3-6H2,(H,14,15). The van der Waals surface area contributed by atoms with Gasteiger partial charge < -0.3 is 5.32 Å². The van der Waals surface area contributed by atoms with E-state index in [4.69, 9.17) is 5.26 Å². The summed E-state index contributed by atoms with van der Waals surface area (Å²) >= 11 is 1.46. The predicted molar refractivity (Wildman–Crippen MR) is 63.1 cm³/mol. The minimum Gasteiger partial charge on any atom is -0.349 e. The van der Waals surface area contributed by atoms with Gasteiger partial charge in [0, 0.05) is 12.0 Å². The molecule has 1 aromatic rings. The second-order valence-electron chi connectivity index (χ2n) is 4.13. The number of thiophene rings is 1. The Morgan fingerprint density at radius 2 is 2.19 bits per heavy atom. The normalized spacial score (nSPS) is 24.7. The first-order chi connectivity index (χ1) is 7.79. The lowest BCUT2D eigenvalue weighted by Gasteiger charge is -2.25. The Labute approximate surface area is 99.1 Å². The van der Waals surface area contributed by atoms with Crippen molar-refractivity contribution >= 4 is 17.2 Å². The third kappa shape index (κ3) is 2.61. The van der Waals surface area contributed by atoms with Crippen LogP contribution in [0.5, 0.6) is 0 Å². The second kappa shape index (κ2) is 5.13. The monoisotopic (exact) mass is 234 g/mol. The number of amides is 1. The van der Waals surface area contributed by atoms with Gasteiger partial charge in [-0.1, -0.05) is 6.07 Å². The predicted octanol–water partition coefficient (Wildman–Crippen LogP) is 2.56. The molecule has 16 heavy (non-hydrogen) atoms. The Morgan fingerprint density at radius 3 is 2.75 bits per heavy atom. The fourth-order valence-corrected chi connectivity index (χ4v) is 2.66. The lowest BCUT2D eigenvalue weighted by atomic mass is 9.87. The maximum atomic E-state index is 11.8. The minimum absolute atomic E-state index is 0.0235. The van der Waals surface area contributed by atoms with Gasteiger partial charge >= 0.3 is 0 Å². The van der Waals surface area contributed by atoms with Crippen LogP contribution in [0.15, 0.2) is 17.5 Å². The first-order valence-corrected chi connectivity index (χ1v) is 6.41. The Morgan fingerprint density at radius 1 is 1.44 bits per heavy atom. The quantitative estimate of drug-likeness (QED) is 0.855. The smallest absolute Gasteiger partial charge is 0.261 e. The molecule has 0 atom stereocenters. The molecule has 1 fully saturated rings. The van der Waals surface area contributed by atoms with Crippen LogP contribution >= 0.6 is 11.3 Å². The van der Waals surface area contributed by atoms with E-state index in [1.807, 2.05) is 17.5 Å². The molecule has 0 aliphatic heterocycles. The van der Waals surface area contributed by atoms with Crippen LogP contribution in [-0.2, 0) is 0 Å². The van der Waals surface area contributed by atoms with Crippen molar-refractivity contribution in [2.45, 2.75) is 31.7 Å². The maximum absolute atomic E-state index is 11.8. The summed E-state index contributed by atoms with van der Waals surface area (Å²) in [7, 11) is 0. The van der Waals surface area contributed by atoms with Crippen molar-refractivity contribution in [3.8, 4) is 6.07 Å². The summed E-state index contributed by atoms with van der Waals surface area (Å²) in [5.74, 6) is 0.213. The maximum Gasteiger partial charge on any atom is 0.261 e. The molecule has 1 aliphatic carbocycles. The molecule has 1 aromatic heterocycles. The van der Waals surface area contributed by atoms with E-state index in [9.17, 15) is 4.79 Å². The molecule has 3 nitrogen and oxygen atoms in total. The summed E-state index contributed by atoms with van der Waals surface area (Å²) in [5.41, 5.74) is 0. The Bertz CT molecular complexity index is 386. The molecular weight excluding hydrogens is 220 g/mol. The van der Waals surface area contributed by atoms with Crippen LogP contribution in [-0.4, -0.2) is 11.9 Å². The van der Waals surface area contributed by atoms with Crippen LogP contribution in [0.2, 0.25) is 0 Å². The molecule has 0 aromatic carbocycles. The minimum atomic E-state index is 0.0235. The number of hydrogen-bond acceptors (Lipinski definition) is 3. The summed E-state index contributed by atoms with van der Waals surface area (Å²) < 4.78 is 0. The summed E-state index contributed by atoms with van der Waals surface area (Å²) in [6.45, 7) is 0. The summed E-state index contributed by atoms with van der Waals surface area (Å²) in [6, 6.07) is 6.26. The van der Waals surface area contributed by atoms with Crippen molar-refractivity contribution in [1.82, 2.24) is 5.32 Å². The lowest BCUT2D eigenvalue weighted by Crippen LogP contribution is -2.37. The molecule has 1 amide bonds. The molecule has 0 unspecified atom stereocenters. The molecule has 2 rings (SSSR count). The number of nitrogens with one attached hydrogen (secondary N) is 1. The summed E-state index contributed by atoms with van der Waals surface area (Å²) in [5, 5.41) is 13.7. The van der Waals surface area contributed by atoms with E-state index in [2.05, 4.69) is 11.4 Å². The van der Waals surface area contributed by atoms with E-state index < -0.39 is 0 Å². The van der Waals surface area contributed by atoms with Crippen LogP contribution < -0.4 is 5.32 Å². The van der Waals surface area contributed by atoms with E-state index in [-0.39, 0.29) is 17.9 Å². The van der Waals surface area contributed by atoms with Gasteiger partial charge in [0.15, 0.2) is 0 Å². The third-order valence-corrected chi connectivity index (χ3v) is 3.86.